The van der Waals surface area contributed by atoms with Gasteiger partial charge < -0.3 is 15.4 Å². The fourth-order valence-electron chi connectivity index (χ4n) is 1.82. The second-order valence-electron chi connectivity index (χ2n) is 4.62. The zero-order valence-corrected chi connectivity index (χ0v) is 14.2. The molecule has 0 amide bonds. The van der Waals surface area contributed by atoms with Gasteiger partial charge in [0, 0.05) is 21.4 Å². The number of anilines is 2. The van der Waals surface area contributed by atoms with Gasteiger partial charge in [0.15, 0.2) is 5.57 Å². The summed E-state index contributed by atoms with van der Waals surface area (Å²) in [4.78, 5) is 11.8. The first-order valence-corrected chi connectivity index (χ1v) is 7.57. The van der Waals surface area contributed by atoms with E-state index in [1.54, 1.807) is 48.5 Å². The van der Waals surface area contributed by atoms with Gasteiger partial charge >= 0.3 is 5.97 Å². The second-order valence-corrected chi connectivity index (χ2v) is 5.49. The smallest absolute Gasteiger partial charge is 0.352 e. The minimum atomic E-state index is -0.754. The molecule has 7 heteroatoms. The maximum absolute atomic E-state index is 11.8. The minimum absolute atomic E-state index is 0.189. The third-order valence-corrected chi connectivity index (χ3v) is 3.48. The summed E-state index contributed by atoms with van der Waals surface area (Å²) >= 11 is 11.7. The molecule has 0 saturated heterocycles. The molecule has 2 aromatic carbocycles. The Balaban J connectivity index is 2.38. The Labute approximate surface area is 149 Å². The molecule has 24 heavy (non-hydrogen) atoms. The van der Waals surface area contributed by atoms with Crippen molar-refractivity contribution in [3.63, 3.8) is 0 Å². The number of nitrogens with one attached hydrogen (secondary N) is 2. The van der Waals surface area contributed by atoms with Crippen molar-refractivity contribution < 1.29 is 9.53 Å². The molecule has 0 heterocycles. The average molecular weight is 362 g/mol. The summed E-state index contributed by atoms with van der Waals surface area (Å²) in [5, 5.41) is 16.4. The molecule has 0 aliphatic carbocycles. The van der Waals surface area contributed by atoms with E-state index in [-0.39, 0.29) is 11.4 Å². The Kier molecular flexibility index (Phi) is 6.07. The highest BCUT2D eigenvalue weighted by Crippen LogP contribution is 2.20. The molecule has 122 valence electrons. The molecule has 0 aliphatic rings. The van der Waals surface area contributed by atoms with Crippen molar-refractivity contribution in [1.82, 2.24) is 0 Å². The second kappa shape index (κ2) is 8.25. The van der Waals surface area contributed by atoms with Gasteiger partial charge in [0.25, 0.3) is 0 Å². The number of hydrogen-bond acceptors (Lipinski definition) is 5. The third-order valence-electron chi connectivity index (χ3n) is 2.98. The highest BCUT2D eigenvalue weighted by Gasteiger charge is 2.17. The lowest BCUT2D eigenvalue weighted by molar-refractivity contribution is -0.135. The maximum Gasteiger partial charge on any atom is 0.352 e. The molecule has 0 atom stereocenters. The van der Waals surface area contributed by atoms with Gasteiger partial charge in [-0.15, -0.1) is 0 Å². The molecule has 0 spiro atoms. The molecule has 0 radical (unpaired) electrons. The summed E-state index contributed by atoms with van der Waals surface area (Å²) in [6.45, 7) is 0. The molecule has 0 aliphatic heterocycles. The Hall–Kier alpha value is -2.68. The first-order chi connectivity index (χ1) is 11.5. The number of methoxy groups -OCH3 is 1. The first kappa shape index (κ1) is 17.7. The average Bonchev–Trinajstić information content (AvgIpc) is 2.59. The molecule has 5 nitrogen and oxygen atoms in total. The lowest BCUT2D eigenvalue weighted by Crippen LogP contribution is -2.17. The van der Waals surface area contributed by atoms with Gasteiger partial charge in [-0.25, -0.2) is 4.79 Å². The van der Waals surface area contributed by atoms with E-state index in [0.29, 0.717) is 21.4 Å². The zero-order chi connectivity index (χ0) is 17.5. The standard InChI is InChI=1S/C17H13Cl2N3O2/c1-24-17(23)15(10-20)16(21-13-6-2-11(18)3-7-13)22-14-8-4-12(19)5-9-14/h2-9,21-22H,1H3. The number of nitriles is 1. The predicted octanol–water partition coefficient (Wildman–Crippen LogP) is 4.43. The molecule has 2 N–H and O–H groups in total. The van der Waals surface area contributed by atoms with Crippen LogP contribution in [0.5, 0.6) is 0 Å². The zero-order valence-electron chi connectivity index (χ0n) is 12.6. The predicted molar refractivity (Wildman–Crippen MR) is 94.8 cm³/mol. The lowest BCUT2D eigenvalue weighted by Gasteiger charge is -2.15. The lowest BCUT2D eigenvalue weighted by atomic mass is 10.2. The van der Waals surface area contributed by atoms with E-state index in [0.717, 1.165) is 0 Å². The minimum Gasteiger partial charge on any atom is -0.465 e. The van der Waals surface area contributed by atoms with Gasteiger partial charge in [0.05, 0.1) is 7.11 Å². The number of rotatable bonds is 5. The van der Waals surface area contributed by atoms with E-state index < -0.39 is 5.97 Å². The van der Waals surface area contributed by atoms with Crippen LogP contribution in [0.2, 0.25) is 10.0 Å². The largest absolute Gasteiger partial charge is 0.465 e. The van der Waals surface area contributed by atoms with Gasteiger partial charge in [-0.2, -0.15) is 5.26 Å². The number of benzene rings is 2. The van der Waals surface area contributed by atoms with E-state index in [9.17, 15) is 10.1 Å². The van der Waals surface area contributed by atoms with Crippen LogP contribution in [0.15, 0.2) is 59.9 Å². The van der Waals surface area contributed by atoms with Gasteiger partial charge in [-0.05, 0) is 48.5 Å². The summed E-state index contributed by atoms with van der Waals surface area (Å²) in [5.41, 5.74) is 1.10. The number of halogens is 2. The quantitative estimate of drug-likeness (QED) is 0.468. The van der Waals surface area contributed by atoms with Crippen LogP contribution in [0.25, 0.3) is 0 Å². The highest BCUT2D eigenvalue weighted by atomic mass is 35.5. The van der Waals surface area contributed by atoms with E-state index in [2.05, 4.69) is 15.4 Å². The van der Waals surface area contributed by atoms with Crippen molar-refractivity contribution in [2.45, 2.75) is 0 Å². The molecule has 2 aromatic rings. The third kappa shape index (κ3) is 4.66. The number of carbonyl (C=O) groups is 1. The fraction of sp³-hybridized carbons (Fsp3) is 0.0588. The normalized spacial score (nSPS) is 9.58. The van der Waals surface area contributed by atoms with Crippen molar-refractivity contribution >= 4 is 40.5 Å². The van der Waals surface area contributed by atoms with E-state index >= 15 is 0 Å². The Morgan fingerprint density at radius 3 is 1.71 bits per heavy atom. The molecule has 2 rings (SSSR count). The summed E-state index contributed by atoms with van der Waals surface area (Å²) in [5.74, 6) is -0.565. The molecule has 0 saturated carbocycles. The number of hydrogen-bond donors (Lipinski definition) is 2. The molecule has 0 fully saturated rings. The first-order valence-electron chi connectivity index (χ1n) is 6.81. The summed E-state index contributed by atoms with van der Waals surface area (Å²) in [6, 6.07) is 15.5. The number of esters is 1. The molecular formula is C17H13Cl2N3O2. The maximum atomic E-state index is 11.8. The van der Waals surface area contributed by atoms with Crippen molar-refractivity contribution in [2.24, 2.45) is 0 Å². The number of nitrogens with zero attached hydrogens (tertiary/aromatic N) is 1. The van der Waals surface area contributed by atoms with Gasteiger partial charge in [-0.3, -0.25) is 0 Å². The van der Waals surface area contributed by atoms with Crippen molar-refractivity contribution in [3.05, 3.63) is 70.0 Å². The summed E-state index contributed by atoms with van der Waals surface area (Å²) in [6.07, 6.45) is 0. The fourth-order valence-corrected chi connectivity index (χ4v) is 2.07. The van der Waals surface area contributed by atoms with Crippen LogP contribution in [0, 0.1) is 11.3 Å². The van der Waals surface area contributed by atoms with Crippen LogP contribution in [0.4, 0.5) is 11.4 Å². The van der Waals surface area contributed by atoms with Gasteiger partial charge in [-0.1, -0.05) is 23.2 Å². The van der Waals surface area contributed by atoms with Gasteiger partial charge in [0.2, 0.25) is 0 Å². The molecule has 0 unspecified atom stereocenters. The summed E-state index contributed by atoms with van der Waals surface area (Å²) < 4.78 is 4.66. The van der Waals surface area contributed by atoms with Crippen LogP contribution < -0.4 is 10.6 Å². The highest BCUT2D eigenvalue weighted by molar-refractivity contribution is 6.30. The van der Waals surface area contributed by atoms with E-state index in [4.69, 9.17) is 23.2 Å². The monoisotopic (exact) mass is 361 g/mol. The van der Waals surface area contributed by atoms with Crippen LogP contribution in [0.1, 0.15) is 0 Å². The van der Waals surface area contributed by atoms with Crippen molar-refractivity contribution in [3.8, 4) is 6.07 Å². The van der Waals surface area contributed by atoms with Crippen LogP contribution >= 0.6 is 23.2 Å². The van der Waals surface area contributed by atoms with Crippen LogP contribution in [-0.4, -0.2) is 13.1 Å². The van der Waals surface area contributed by atoms with E-state index in [1.807, 2.05) is 6.07 Å². The topological polar surface area (TPSA) is 74.2 Å². The Morgan fingerprint density at radius 2 is 1.38 bits per heavy atom. The SMILES string of the molecule is COC(=O)C(C#N)=C(Nc1ccc(Cl)cc1)Nc1ccc(Cl)cc1. The Morgan fingerprint density at radius 1 is 0.958 bits per heavy atom. The molecule has 0 bridgehead atoms. The number of ether oxygens (including phenoxy) is 1. The molecule has 0 aromatic heterocycles. The van der Waals surface area contributed by atoms with Gasteiger partial charge in [0.1, 0.15) is 11.9 Å². The van der Waals surface area contributed by atoms with Crippen molar-refractivity contribution in [1.29, 1.82) is 5.26 Å². The van der Waals surface area contributed by atoms with Crippen LogP contribution in [0.3, 0.4) is 0 Å². The summed E-state index contributed by atoms with van der Waals surface area (Å²) in [7, 11) is 1.21. The Bertz CT molecular complexity index is 745. The van der Waals surface area contributed by atoms with Crippen LogP contribution in [-0.2, 0) is 9.53 Å². The van der Waals surface area contributed by atoms with E-state index in [1.165, 1.54) is 7.11 Å². The molecular weight excluding hydrogens is 349 g/mol. The van der Waals surface area contributed by atoms with Crippen molar-refractivity contribution in [2.75, 3.05) is 17.7 Å². The number of carbonyl (C=O) groups excluding carboxylic acids is 1.